The third-order valence-electron chi connectivity index (χ3n) is 6.95. The quantitative estimate of drug-likeness (QED) is 0.349. The fraction of sp³-hybridized carbons (Fsp3) is 0.333. The van der Waals surface area contributed by atoms with Gasteiger partial charge in [-0.15, -0.1) is 0 Å². The zero-order valence-corrected chi connectivity index (χ0v) is 20.8. The lowest BCUT2D eigenvalue weighted by molar-refractivity contribution is 0.289. The van der Waals surface area contributed by atoms with Crippen molar-refractivity contribution < 1.29 is 4.39 Å². The molecule has 0 unspecified atom stereocenters. The summed E-state index contributed by atoms with van der Waals surface area (Å²) >= 11 is 0. The van der Waals surface area contributed by atoms with Gasteiger partial charge < -0.3 is 0 Å². The van der Waals surface area contributed by atoms with Crippen molar-refractivity contribution in [2.45, 2.75) is 59.8 Å². The summed E-state index contributed by atoms with van der Waals surface area (Å²) in [5, 5.41) is 0. The fourth-order valence-corrected chi connectivity index (χ4v) is 4.80. The molecule has 0 heterocycles. The number of hydrogen-bond donors (Lipinski definition) is 0. The predicted molar refractivity (Wildman–Crippen MR) is 140 cm³/mol. The molecule has 1 aliphatic rings. The molecule has 1 aliphatic carbocycles. The van der Waals surface area contributed by atoms with Gasteiger partial charge in [-0.2, -0.15) is 0 Å². The van der Waals surface area contributed by atoms with Gasteiger partial charge in [0.05, 0.1) is 5.56 Å². The molecule has 0 amide bonds. The summed E-state index contributed by atoms with van der Waals surface area (Å²) in [6.45, 7) is 8.48. The maximum atomic E-state index is 14.8. The van der Waals surface area contributed by atoms with Gasteiger partial charge in [0.15, 0.2) is 0 Å². The molecule has 0 saturated heterocycles. The molecule has 0 nitrogen and oxygen atoms in total. The Labute approximate surface area is 204 Å². The van der Waals surface area contributed by atoms with Gasteiger partial charge in [-0.05, 0) is 105 Å². The second-order valence-corrected chi connectivity index (χ2v) is 10.00. The number of halogens is 1. The molecule has 0 atom stereocenters. The van der Waals surface area contributed by atoms with Gasteiger partial charge in [0.25, 0.3) is 0 Å². The molecule has 3 aromatic rings. The van der Waals surface area contributed by atoms with Crippen LogP contribution in [0.15, 0.2) is 54.6 Å². The van der Waals surface area contributed by atoms with Crippen LogP contribution < -0.4 is 0 Å². The molecule has 0 aliphatic heterocycles. The standard InChI is InChI=1S/C33H33F/c1-23-5-9-27(10-6-23)13-14-29-19-25(3)32(26(4)20-29)18-17-31-16-15-30(22-33(31)34)21-28-11-7-24(2)8-12-28/h5-6,9-10,15-16,19-20,22,24,28H,7-8,11-12,21H2,1-4H3. The summed E-state index contributed by atoms with van der Waals surface area (Å²) in [4.78, 5) is 0. The largest absolute Gasteiger partial charge is 0.206 e. The third-order valence-corrected chi connectivity index (χ3v) is 6.95. The normalized spacial score (nSPS) is 17.3. The zero-order chi connectivity index (χ0) is 24.1. The Morgan fingerprint density at radius 2 is 1.38 bits per heavy atom. The van der Waals surface area contributed by atoms with Crippen molar-refractivity contribution in [3.63, 3.8) is 0 Å². The van der Waals surface area contributed by atoms with E-state index in [9.17, 15) is 4.39 Å². The Morgan fingerprint density at radius 3 is 2.03 bits per heavy atom. The maximum Gasteiger partial charge on any atom is 0.139 e. The van der Waals surface area contributed by atoms with Crippen LogP contribution in [0.4, 0.5) is 4.39 Å². The van der Waals surface area contributed by atoms with Gasteiger partial charge in [-0.1, -0.05) is 67.2 Å². The van der Waals surface area contributed by atoms with Gasteiger partial charge in [0.2, 0.25) is 0 Å². The monoisotopic (exact) mass is 448 g/mol. The van der Waals surface area contributed by atoms with Crippen LogP contribution in [-0.4, -0.2) is 0 Å². The SMILES string of the molecule is Cc1ccc(C#Cc2cc(C)c(C#Cc3ccc(CC4CCC(C)CC4)cc3F)c(C)c2)cc1. The average molecular weight is 449 g/mol. The van der Waals surface area contributed by atoms with Crippen LogP contribution >= 0.6 is 0 Å². The van der Waals surface area contributed by atoms with E-state index >= 15 is 0 Å². The molecule has 0 radical (unpaired) electrons. The lowest BCUT2D eigenvalue weighted by Crippen LogP contribution is -2.14. The molecule has 1 saturated carbocycles. The van der Waals surface area contributed by atoms with Crippen molar-refractivity contribution in [1.29, 1.82) is 0 Å². The van der Waals surface area contributed by atoms with Crippen molar-refractivity contribution in [2.75, 3.05) is 0 Å². The van der Waals surface area contributed by atoms with Crippen molar-refractivity contribution >= 4 is 0 Å². The van der Waals surface area contributed by atoms with Crippen molar-refractivity contribution in [3.8, 4) is 23.7 Å². The van der Waals surface area contributed by atoms with Crippen LogP contribution in [0, 0.1) is 62.1 Å². The molecule has 0 aromatic heterocycles. The number of aryl methyl sites for hydroxylation is 3. The summed E-state index contributed by atoms with van der Waals surface area (Å²) in [5.41, 5.74) is 7.81. The summed E-state index contributed by atoms with van der Waals surface area (Å²) in [6, 6.07) is 17.9. The summed E-state index contributed by atoms with van der Waals surface area (Å²) in [7, 11) is 0. The lowest BCUT2D eigenvalue weighted by Gasteiger charge is -2.26. The van der Waals surface area contributed by atoms with Crippen LogP contribution in [0.5, 0.6) is 0 Å². The predicted octanol–water partition coefficient (Wildman–Crippen LogP) is 7.92. The van der Waals surface area contributed by atoms with E-state index in [1.807, 2.05) is 32.0 Å². The molecule has 0 bridgehead atoms. The molecule has 34 heavy (non-hydrogen) atoms. The number of benzene rings is 3. The van der Waals surface area contributed by atoms with Gasteiger partial charge in [-0.25, -0.2) is 4.39 Å². The first-order valence-corrected chi connectivity index (χ1v) is 12.4. The smallest absolute Gasteiger partial charge is 0.139 e. The van der Waals surface area contributed by atoms with Gasteiger partial charge >= 0.3 is 0 Å². The summed E-state index contributed by atoms with van der Waals surface area (Å²) in [5.74, 6) is 14.1. The first-order chi connectivity index (χ1) is 16.4. The molecule has 1 heteroatoms. The molecule has 172 valence electrons. The summed E-state index contributed by atoms with van der Waals surface area (Å²) in [6.07, 6.45) is 6.08. The van der Waals surface area contributed by atoms with E-state index in [2.05, 4.69) is 67.9 Å². The van der Waals surface area contributed by atoms with Crippen LogP contribution in [0.25, 0.3) is 0 Å². The van der Waals surface area contributed by atoms with Crippen LogP contribution in [0.3, 0.4) is 0 Å². The topological polar surface area (TPSA) is 0 Å². The minimum Gasteiger partial charge on any atom is -0.206 e. The average Bonchev–Trinajstić information content (AvgIpc) is 2.81. The maximum absolute atomic E-state index is 14.8. The van der Waals surface area contributed by atoms with E-state index in [1.54, 1.807) is 6.07 Å². The minimum atomic E-state index is -0.218. The molecule has 0 N–H and O–H groups in total. The number of rotatable bonds is 2. The zero-order valence-electron chi connectivity index (χ0n) is 20.8. The first-order valence-electron chi connectivity index (χ1n) is 12.4. The Balaban J connectivity index is 1.48. The summed E-state index contributed by atoms with van der Waals surface area (Å²) < 4.78 is 14.8. The molecule has 3 aromatic carbocycles. The first kappa shape index (κ1) is 23.9. The third kappa shape index (κ3) is 6.18. The van der Waals surface area contributed by atoms with Gasteiger partial charge in [0.1, 0.15) is 5.82 Å². The molecule has 0 spiro atoms. The molecule has 4 rings (SSSR count). The van der Waals surface area contributed by atoms with Crippen molar-refractivity contribution in [3.05, 3.63) is 105 Å². The second-order valence-electron chi connectivity index (χ2n) is 10.00. The Hall–Kier alpha value is -3.29. The van der Waals surface area contributed by atoms with Crippen LogP contribution in [0.1, 0.15) is 77.1 Å². The molecular weight excluding hydrogens is 415 g/mol. The molecule has 1 fully saturated rings. The lowest BCUT2D eigenvalue weighted by atomic mass is 9.80. The van der Waals surface area contributed by atoms with Crippen LogP contribution in [-0.2, 0) is 6.42 Å². The van der Waals surface area contributed by atoms with Gasteiger partial charge in [0, 0.05) is 16.7 Å². The fourth-order valence-electron chi connectivity index (χ4n) is 4.80. The highest BCUT2D eigenvalue weighted by Gasteiger charge is 2.18. The van der Waals surface area contributed by atoms with E-state index < -0.39 is 0 Å². The van der Waals surface area contributed by atoms with Crippen molar-refractivity contribution in [1.82, 2.24) is 0 Å². The highest BCUT2D eigenvalue weighted by atomic mass is 19.1. The van der Waals surface area contributed by atoms with Crippen molar-refractivity contribution in [2.24, 2.45) is 11.8 Å². The van der Waals surface area contributed by atoms with Gasteiger partial charge in [-0.3, -0.25) is 0 Å². The highest BCUT2D eigenvalue weighted by Crippen LogP contribution is 2.30. The van der Waals surface area contributed by atoms with E-state index in [-0.39, 0.29) is 5.82 Å². The highest BCUT2D eigenvalue weighted by molar-refractivity contribution is 5.55. The Bertz CT molecular complexity index is 1260. The van der Waals surface area contributed by atoms with Crippen LogP contribution in [0.2, 0.25) is 0 Å². The Morgan fingerprint density at radius 1 is 0.735 bits per heavy atom. The minimum absolute atomic E-state index is 0.218. The number of hydrogen-bond acceptors (Lipinski definition) is 0. The van der Waals surface area contributed by atoms with E-state index in [4.69, 9.17) is 0 Å². The van der Waals surface area contributed by atoms with E-state index in [1.165, 1.54) is 31.2 Å². The Kier molecular flexibility index (Phi) is 7.55. The second kappa shape index (κ2) is 10.8. The molecular formula is C33H33F. The van der Waals surface area contributed by atoms with E-state index in [0.717, 1.165) is 45.7 Å². The van der Waals surface area contributed by atoms with E-state index in [0.29, 0.717) is 11.5 Å².